The average Bonchev–Trinajstić information content (AvgIpc) is 3.16. The first kappa shape index (κ1) is 17.2. The summed E-state index contributed by atoms with van der Waals surface area (Å²) < 4.78 is 23.8. The number of rotatable bonds is 6. The molecule has 1 aliphatic heterocycles. The zero-order valence-electron chi connectivity index (χ0n) is 13.7. The molecule has 0 N–H and O–H groups in total. The monoisotopic (exact) mass is 346 g/mol. The fourth-order valence-electron chi connectivity index (χ4n) is 2.67. The second kappa shape index (κ2) is 7.94. The minimum atomic E-state index is -0.489. The number of hydrogen-bond donors (Lipinski definition) is 0. The molecule has 1 aromatic heterocycles. The van der Waals surface area contributed by atoms with E-state index in [1.807, 2.05) is 4.90 Å². The molecule has 1 aromatic carbocycles. The number of benzene rings is 1. The van der Waals surface area contributed by atoms with Gasteiger partial charge in [-0.05, 0) is 24.3 Å². The fraction of sp³-hybridized carbons (Fsp3) is 0.333. The van der Waals surface area contributed by atoms with E-state index >= 15 is 0 Å². The van der Waals surface area contributed by atoms with Crippen molar-refractivity contribution >= 4 is 11.7 Å². The van der Waals surface area contributed by atoms with E-state index in [0.717, 1.165) is 0 Å². The molecule has 1 aliphatic rings. The third-order valence-electron chi connectivity index (χ3n) is 4.08. The van der Waals surface area contributed by atoms with E-state index in [9.17, 15) is 14.0 Å². The van der Waals surface area contributed by atoms with Gasteiger partial charge in [0, 0.05) is 26.2 Å². The van der Waals surface area contributed by atoms with Crippen LogP contribution in [0.1, 0.15) is 10.6 Å². The van der Waals surface area contributed by atoms with Crippen molar-refractivity contribution in [3.05, 3.63) is 54.2 Å². The van der Waals surface area contributed by atoms with Crippen molar-refractivity contribution < 1.29 is 23.1 Å². The van der Waals surface area contributed by atoms with Crippen LogP contribution in [0.25, 0.3) is 0 Å². The van der Waals surface area contributed by atoms with Gasteiger partial charge >= 0.3 is 0 Å². The quantitative estimate of drug-likeness (QED) is 0.747. The summed E-state index contributed by atoms with van der Waals surface area (Å²) in [7, 11) is 0. The van der Waals surface area contributed by atoms with Gasteiger partial charge in [-0.25, -0.2) is 4.39 Å². The second-order valence-corrected chi connectivity index (χ2v) is 5.78. The van der Waals surface area contributed by atoms with Crippen LogP contribution >= 0.6 is 0 Å². The molecule has 132 valence electrons. The number of carbonyl (C=O) groups excluding carboxylic acids is 2. The Labute approximate surface area is 144 Å². The van der Waals surface area contributed by atoms with Crippen LogP contribution in [0, 0.1) is 5.82 Å². The number of halogens is 1. The number of ketones is 1. The highest BCUT2D eigenvalue weighted by Gasteiger charge is 2.23. The van der Waals surface area contributed by atoms with Crippen molar-refractivity contribution in [1.29, 1.82) is 0 Å². The molecule has 1 amide bonds. The first-order valence-electron chi connectivity index (χ1n) is 8.07. The van der Waals surface area contributed by atoms with Gasteiger partial charge in [-0.1, -0.05) is 12.1 Å². The SMILES string of the molecule is O=C(CN1CCN(C(=O)COc2ccccc2F)CC1)c1ccco1. The molecule has 0 saturated carbocycles. The van der Waals surface area contributed by atoms with Gasteiger partial charge in [-0.2, -0.15) is 0 Å². The Morgan fingerprint density at radius 1 is 1.08 bits per heavy atom. The number of nitrogens with zero attached hydrogens (tertiary/aromatic N) is 2. The summed E-state index contributed by atoms with van der Waals surface area (Å²) in [6.45, 7) is 2.26. The molecular formula is C18H19FN2O4. The van der Waals surface area contributed by atoms with Gasteiger partial charge in [0.2, 0.25) is 5.78 Å². The number of ether oxygens (including phenoxy) is 1. The Morgan fingerprint density at radius 3 is 2.52 bits per heavy atom. The molecular weight excluding hydrogens is 327 g/mol. The molecule has 0 bridgehead atoms. The number of amides is 1. The van der Waals surface area contributed by atoms with Crippen LogP contribution in [0.4, 0.5) is 4.39 Å². The number of hydrogen-bond acceptors (Lipinski definition) is 5. The van der Waals surface area contributed by atoms with Gasteiger partial charge in [0.1, 0.15) is 0 Å². The molecule has 6 nitrogen and oxygen atoms in total. The highest BCUT2D eigenvalue weighted by Crippen LogP contribution is 2.15. The lowest BCUT2D eigenvalue weighted by Crippen LogP contribution is -2.51. The van der Waals surface area contributed by atoms with Crippen molar-refractivity contribution in [1.82, 2.24) is 9.80 Å². The minimum Gasteiger partial charge on any atom is -0.481 e. The van der Waals surface area contributed by atoms with Gasteiger partial charge in [0.05, 0.1) is 12.8 Å². The van der Waals surface area contributed by atoms with E-state index in [4.69, 9.17) is 9.15 Å². The molecule has 0 radical (unpaired) electrons. The summed E-state index contributed by atoms with van der Waals surface area (Å²) >= 11 is 0. The van der Waals surface area contributed by atoms with Gasteiger partial charge in [-0.3, -0.25) is 14.5 Å². The van der Waals surface area contributed by atoms with Crippen LogP contribution in [-0.2, 0) is 4.79 Å². The maximum absolute atomic E-state index is 13.5. The Bertz CT molecular complexity index is 724. The second-order valence-electron chi connectivity index (χ2n) is 5.78. The van der Waals surface area contributed by atoms with E-state index in [0.29, 0.717) is 31.9 Å². The zero-order valence-corrected chi connectivity index (χ0v) is 13.7. The smallest absolute Gasteiger partial charge is 0.260 e. The van der Waals surface area contributed by atoms with Crippen LogP contribution < -0.4 is 4.74 Å². The van der Waals surface area contributed by atoms with Crippen LogP contribution in [-0.4, -0.2) is 60.8 Å². The van der Waals surface area contributed by atoms with Crippen molar-refractivity contribution in [2.45, 2.75) is 0 Å². The Balaban J connectivity index is 1.43. The maximum atomic E-state index is 13.5. The van der Waals surface area contributed by atoms with Crippen molar-refractivity contribution in [3.8, 4) is 5.75 Å². The molecule has 0 unspecified atom stereocenters. The standard InChI is InChI=1S/C18H19FN2O4/c19-14-4-1-2-5-16(14)25-13-18(23)21-9-7-20(8-10-21)12-15(22)17-6-3-11-24-17/h1-6,11H,7-10,12-13H2. The van der Waals surface area contributed by atoms with E-state index in [2.05, 4.69) is 0 Å². The average molecular weight is 346 g/mol. The molecule has 0 atom stereocenters. The molecule has 1 fully saturated rings. The molecule has 3 rings (SSSR count). The predicted molar refractivity (Wildman–Crippen MR) is 88.0 cm³/mol. The van der Waals surface area contributed by atoms with Gasteiger partial charge in [0.25, 0.3) is 5.91 Å². The topological polar surface area (TPSA) is 63.0 Å². The number of para-hydroxylation sites is 1. The summed E-state index contributed by atoms with van der Waals surface area (Å²) in [6.07, 6.45) is 1.47. The number of Topliss-reactive ketones (excluding diaryl/α,β-unsaturated/α-hetero) is 1. The van der Waals surface area contributed by atoms with E-state index < -0.39 is 5.82 Å². The van der Waals surface area contributed by atoms with Crippen molar-refractivity contribution in [3.63, 3.8) is 0 Å². The molecule has 0 aliphatic carbocycles. The van der Waals surface area contributed by atoms with Gasteiger partial charge in [0.15, 0.2) is 23.9 Å². The lowest BCUT2D eigenvalue weighted by atomic mass is 10.2. The molecule has 0 spiro atoms. The molecule has 2 aromatic rings. The summed E-state index contributed by atoms with van der Waals surface area (Å²) in [4.78, 5) is 27.8. The minimum absolute atomic E-state index is 0.0681. The number of carbonyl (C=O) groups is 2. The molecule has 25 heavy (non-hydrogen) atoms. The largest absolute Gasteiger partial charge is 0.481 e. The fourth-order valence-corrected chi connectivity index (χ4v) is 2.67. The van der Waals surface area contributed by atoms with Gasteiger partial charge in [-0.15, -0.1) is 0 Å². The van der Waals surface area contributed by atoms with Crippen LogP contribution in [0.2, 0.25) is 0 Å². The summed E-state index contributed by atoms with van der Waals surface area (Å²) in [5.41, 5.74) is 0. The van der Waals surface area contributed by atoms with E-state index in [1.54, 1.807) is 29.2 Å². The Morgan fingerprint density at radius 2 is 1.84 bits per heavy atom. The summed E-state index contributed by atoms with van der Waals surface area (Å²) in [6, 6.07) is 9.31. The third kappa shape index (κ3) is 4.45. The maximum Gasteiger partial charge on any atom is 0.260 e. The summed E-state index contributed by atoms with van der Waals surface area (Å²) in [5.74, 6) is -0.347. The summed E-state index contributed by atoms with van der Waals surface area (Å²) in [5, 5.41) is 0. The highest BCUT2D eigenvalue weighted by atomic mass is 19.1. The molecule has 1 saturated heterocycles. The molecule has 7 heteroatoms. The normalized spacial score (nSPS) is 15.2. The van der Waals surface area contributed by atoms with Crippen LogP contribution in [0.5, 0.6) is 5.75 Å². The lowest BCUT2D eigenvalue weighted by Gasteiger charge is -2.34. The first-order valence-corrected chi connectivity index (χ1v) is 8.07. The Hall–Kier alpha value is -2.67. The van der Waals surface area contributed by atoms with Crippen molar-refractivity contribution in [2.75, 3.05) is 39.3 Å². The first-order chi connectivity index (χ1) is 12.1. The van der Waals surface area contributed by atoms with E-state index in [-0.39, 0.29) is 30.6 Å². The van der Waals surface area contributed by atoms with Crippen LogP contribution in [0.15, 0.2) is 47.1 Å². The van der Waals surface area contributed by atoms with Gasteiger partial charge < -0.3 is 14.1 Å². The predicted octanol–water partition coefficient (Wildman–Crippen LogP) is 1.82. The number of piperazine rings is 1. The Kier molecular flexibility index (Phi) is 5.45. The number of furan rings is 1. The zero-order chi connectivity index (χ0) is 17.6. The van der Waals surface area contributed by atoms with E-state index in [1.165, 1.54) is 18.4 Å². The molecule has 2 heterocycles. The van der Waals surface area contributed by atoms with Crippen LogP contribution in [0.3, 0.4) is 0 Å². The van der Waals surface area contributed by atoms with Crippen molar-refractivity contribution in [2.24, 2.45) is 0 Å². The highest BCUT2D eigenvalue weighted by molar-refractivity contribution is 5.95. The lowest BCUT2D eigenvalue weighted by molar-refractivity contribution is -0.135. The third-order valence-corrected chi connectivity index (χ3v) is 4.08.